The van der Waals surface area contributed by atoms with Crippen molar-refractivity contribution >= 4 is 0 Å². The maximum Gasteiger partial charge on any atom is 0.0110 e. The number of nitrogens with one attached hydrogen (secondary N) is 1. The zero-order chi connectivity index (χ0) is 10.8. The Balaban J connectivity index is 0. The molecule has 0 aromatic carbocycles. The van der Waals surface area contributed by atoms with Crippen molar-refractivity contribution in [1.29, 1.82) is 0 Å². The molecule has 0 aliphatic carbocycles. The van der Waals surface area contributed by atoms with E-state index in [9.17, 15) is 0 Å². The van der Waals surface area contributed by atoms with Gasteiger partial charge in [-0.2, -0.15) is 0 Å². The van der Waals surface area contributed by atoms with Gasteiger partial charge in [-0.15, -0.1) is 0 Å². The summed E-state index contributed by atoms with van der Waals surface area (Å²) in [6.07, 6.45) is 1.28. The SMILES string of the molecule is CC.CNCCCN1CCN(C)CC1.[HH]. The van der Waals surface area contributed by atoms with Gasteiger partial charge in [-0.05, 0) is 33.6 Å². The molecule has 0 atom stereocenters. The van der Waals surface area contributed by atoms with E-state index < -0.39 is 0 Å². The van der Waals surface area contributed by atoms with Crippen molar-refractivity contribution in [3.05, 3.63) is 0 Å². The average molecular weight is 203 g/mol. The van der Waals surface area contributed by atoms with E-state index in [2.05, 4.69) is 22.2 Å². The maximum absolute atomic E-state index is 3.18. The lowest BCUT2D eigenvalue weighted by atomic mass is 10.3. The van der Waals surface area contributed by atoms with Gasteiger partial charge in [0.05, 0.1) is 0 Å². The summed E-state index contributed by atoms with van der Waals surface area (Å²) in [5.74, 6) is 0. The van der Waals surface area contributed by atoms with E-state index >= 15 is 0 Å². The molecule has 1 heterocycles. The quantitative estimate of drug-likeness (QED) is 0.691. The van der Waals surface area contributed by atoms with Gasteiger partial charge in [0.1, 0.15) is 0 Å². The molecule has 1 saturated heterocycles. The third-order valence-corrected chi connectivity index (χ3v) is 2.50. The van der Waals surface area contributed by atoms with Crippen LogP contribution in [0, 0.1) is 0 Å². The third-order valence-electron chi connectivity index (χ3n) is 2.50. The Labute approximate surface area is 90.9 Å². The number of rotatable bonds is 4. The van der Waals surface area contributed by atoms with Crippen molar-refractivity contribution in [2.24, 2.45) is 0 Å². The second-order valence-electron chi connectivity index (χ2n) is 3.60. The van der Waals surface area contributed by atoms with E-state index in [1.165, 1.54) is 39.1 Å². The molecule has 1 rings (SSSR count). The van der Waals surface area contributed by atoms with E-state index in [1.54, 1.807) is 0 Å². The van der Waals surface area contributed by atoms with Gasteiger partial charge in [0, 0.05) is 27.6 Å². The predicted octanol–water partition coefficient (Wildman–Crippen LogP) is 1.12. The van der Waals surface area contributed by atoms with Crippen LogP contribution in [0.2, 0.25) is 0 Å². The van der Waals surface area contributed by atoms with E-state index in [1.807, 2.05) is 20.9 Å². The van der Waals surface area contributed by atoms with E-state index in [4.69, 9.17) is 0 Å². The lowest BCUT2D eigenvalue weighted by Gasteiger charge is -2.32. The van der Waals surface area contributed by atoms with Gasteiger partial charge in [-0.1, -0.05) is 13.8 Å². The molecule has 1 aliphatic heterocycles. The first-order valence-corrected chi connectivity index (χ1v) is 5.88. The van der Waals surface area contributed by atoms with Crippen molar-refractivity contribution in [2.75, 3.05) is 53.4 Å². The Hall–Kier alpha value is -0.120. The zero-order valence-corrected chi connectivity index (χ0v) is 10.3. The fraction of sp³-hybridized carbons (Fsp3) is 1.00. The van der Waals surface area contributed by atoms with Crippen LogP contribution in [0.25, 0.3) is 0 Å². The maximum atomic E-state index is 3.18. The second-order valence-corrected chi connectivity index (χ2v) is 3.60. The first-order valence-electron chi connectivity index (χ1n) is 5.88. The molecule has 0 aromatic rings. The molecule has 0 amide bonds. The summed E-state index contributed by atoms with van der Waals surface area (Å²) in [4.78, 5) is 4.95. The van der Waals surface area contributed by atoms with Crippen molar-refractivity contribution < 1.29 is 1.43 Å². The summed E-state index contributed by atoms with van der Waals surface area (Å²) in [6, 6.07) is 0. The molecule has 0 saturated carbocycles. The van der Waals surface area contributed by atoms with Gasteiger partial charge in [-0.25, -0.2) is 0 Å². The molecule has 1 N–H and O–H groups in total. The summed E-state index contributed by atoms with van der Waals surface area (Å²) >= 11 is 0. The van der Waals surface area contributed by atoms with Crippen LogP contribution in [-0.4, -0.2) is 63.2 Å². The molecule has 0 unspecified atom stereocenters. The Morgan fingerprint density at radius 3 is 2.21 bits per heavy atom. The molecule has 0 spiro atoms. The monoisotopic (exact) mass is 203 g/mol. The van der Waals surface area contributed by atoms with Crippen LogP contribution in [0.4, 0.5) is 0 Å². The highest BCUT2D eigenvalue weighted by Gasteiger charge is 2.12. The average Bonchev–Trinajstić information content (AvgIpc) is 2.24. The molecular formula is C11H29N3. The van der Waals surface area contributed by atoms with E-state index in [0.717, 1.165) is 6.54 Å². The number of piperazine rings is 1. The first kappa shape index (κ1) is 13.9. The van der Waals surface area contributed by atoms with Gasteiger partial charge >= 0.3 is 0 Å². The smallest absolute Gasteiger partial charge is 0.0110 e. The van der Waals surface area contributed by atoms with E-state index in [-0.39, 0.29) is 1.43 Å². The van der Waals surface area contributed by atoms with Crippen LogP contribution < -0.4 is 5.32 Å². The summed E-state index contributed by atoms with van der Waals surface area (Å²) in [5, 5.41) is 3.18. The minimum atomic E-state index is 0. The number of hydrogen-bond donors (Lipinski definition) is 1. The molecule has 0 bridgehead atoms. The normalized spacial score (nSPS) is 18.9. The number of nitrogens with zero attached hydrogens (tertiary/aromatic N) is 2. The predicted molar refractivity (Wildman–Crippen MR) is 65.9 cm³/mol. The third kappa shape index (κ3) is 6.35. The number of hydrogen-bond acceptors (Lipinski definition) is 3. The molecule has 88 valence electrons. The lowest BCUT2D eigenvalue weighted by Crippen LogP contribution is -2.45. The van der Waals surface area contributed by atoms with Crippen LogP contribution in [0.5, 0.6) is 0 Å². The van der Waals surface area contributed by atoms with Crippen LogP contribution in [-0.2, 0) is 0 Å². The van der Waals surface area contributed by atoms with Gasteiger partial charge in [-0.3, -0.25) is 0 Å². The molecule has 0 radical (unpaired) electrons. The largest absolute Gasteiger partial charge is 0.320 e. The van der Waals surface area contributed by atoms with Crippen LogP contribution in [0.3, 0.4) is 0 Å². The van der Waals surface area contributed by atoms with Gasteiger partial charge < -0.3 is 15.1 Å². The summed E-state index contributed by atoms with van der Waals surface area (Å²) in [6.45, 7) is 11.4. The molecule has 1 fully saturated rings. The van der Waals surface area contributed by atoms with Gasteiger partial charge in [0.25, 0.3) is 0 Å². The molecule has 1 aliphatic rings. The van der Waals surface area contributed by atoms with Crippen molar-refractivity contribution in [2.45, 2.75) is 20.3 Å². The Morgan fingerprint density at radius 1 is 1.14 bits per heavy atom. The molecule has 14 heavy (non-hydrogen) atoms. The van der Waals surface area contributed by atoms with Gasteiger partial charge in [0.15, 0.2) is 0 Å². The first-order chi connectivity index (χ1) is 6.83. The fourth-order valence-electron chi connectivity index (χ4n) is 1.55. The standard InChI is InChI=1S/C9H21N3.C2H6.H2/c1-10-4-3-5-12-8-6-11(2)7-9-12;1-2;/h10H,3-9H2,1-2H3;1-2H3;1H. The lowest BCUT2D eigenvalue weighted by molar-refractivity contribution is 0.153. The molecule has 0 aromatic heterocycles. The summed E-state index contributed by atoms with van der Waals surface area (Å²) in [5.41, 5.74) is 0. The number of likely N-dealkylation sites (N-methyl/N-ethyl adjacent to an activating group) is 1. The fourth-order valence-corrected chi connectivity index (χ4v) is 1.55. The molecular weight excluding hydrogens is 174 g/mol. The van der Waals surface area contributed by atoms with Crippen LogP contribution in [0.1, 0.15) is 21.7 Å². The molecule has 3 heteroatoms. The summed E-state index contributed by atoms with van der Waals surface area (Å²) in [7, 11) is 4.22. The van der Waals surface area contributed by atoms with Crippen LogP contribution >= 0.6 is 0 Å². The van der Waals surface area contributed by atoms with Crippen molar-refractivity contribution in [3.63, 3.8) is 0 Å². The van der Waals surface area contributed by atoms with Crippen molar-refractivity contribution in [1.82, 2.24) is 15.1 Å². The molecule has 3 nitrogen and oxygen atoms in total. The Morgan fingerprint density at radius 2 is 1.71 bits per heavy atom. The van der Waals surface area contributed by atoms with Crippen molar-refractivity contribution in [3.8, 4) is 0 Å². The minimum absolute atomic E-state index is 0. The second kappa shape index (κ2) is 9.44. The topological polar surface area (TPSA) is 18.5 Å². The van der Waals surface area contributed by atoms with E-state index in [0.29, 0.717) is 0 Å². The Kier molecular flexibility index (Phi) is 9.35. The zero-order valence-electron chi connectivity index (χ0n) is 10.3. The van der Waals surface area contributed by atoms with Gasteiger partial charge in [0.2, 0.25) is 0 Å². The van der Waals surface area contributed by atoms with Crippen LogP contribution in [0.15, 0.2) is 0 Å². The highest BCUT2D eigenvalue weighted by molar-refractivity contribution is 4.68. The Bertz CT molecular complexity index is 114. The minimum Gasteiger partial charge on any atom is -0.320 e. The highest BCUT2D eigenvalue weighted by atomic mass is 15.2. The highest BCUT2D eigenvalue weighted by Crippen LogP contribution is 1.99. The summed E-state index contributed by atoms with van der Waals surface area (Å²) < 4.78 is 0.